The van der Waals surface area contributed by atoms with Gasteiger partial charge in [-0.3, -0.25) is 0 Å². The molecule has 112 valence electrons. The van der Waals surface area contributed by atoms with E-state index in [0.717, 1.165) is 22.8 Å². The third-order valence-corrected chi connectivity index (χ3v) is 3.37. The molecule has 0 radical (unpaired) electrons. The highest BCUT2D eigenvalue weighted by Gasteiger charge is 2.14. The summed E-state index contributed by atoms with van der Waals surface area (Å²) in [5.41, 5.74) is 3.79. The molecule has 1 aromatic carbocycles. The number of hydrogen-bond acceptors (Lipinski definition) is 5. The number of aromatic nitrogens is 4. The minimum absolute atomic E-state index is 0.484. The van der Waals surface area contributed by atoms with Gasteiger partial charge in [-0.05, 0) is 26.0 Å². The summed E-state index contributed by atoms with van der Waals surface area (Å²) in [5, 5.41) is 7.81. The summed E-state index contributed by atoms with van der Waals surface area (Å²) >= 11 is 0. The predicted octanol–water partition coefficient (Wildman–Crippen LogP) is 3.03. The minimum Gasteiger partial charge on any atom is -0.481 e. The van der Waals surface area contributed by atoms with Gasteiger partial charge in [0.2, 0.25) is 11.8 Å². The molecule has 3 rings (SSSR count). The zero-order valence-corrected chi connectivity index (χ0v) is 12.7. The molecule has 0 saturated carbocycles. The monoisotopic (exact) mass is 295 g/mol. The Bertz CT molecular complexity index is 782. The molecule has 0 unspecified atom stereocenters. The molecule has 0 saturated heterocycles. The van der Waals surface area contributed by atoms with Gasteiger partial charge in [-0.15, -0.1) is 0 Å². The Morgan fingerprint density at radius 2 is 1.86 bits per heavy atom. The van der Waals surface area contributed by atoms with Crippen LogP contribution in [0.25, 0.3) is 5.69 Å². The zero-order chi connectivity index (χ0) is 15.5. The average Bonchev–Trinajstić information content (AvgIpc) is 2.84. The standard InChI is InChI=1S/C16H17N5O/c1-11-15(19-16-17-10-9-14(18-16)22-3)12(2)21(20-11)13-7-5-4-6-8-13/h4-10H,1-3H3,(H,17,18,19). The molecule has 2 aromatic heterocycles. The maximum absolute atomic E-state index is 5.12. The zero-order valence-electron chi connectivity index (χ0n) is 12.7. The minimum atomic E-state index is 0.484. The van der Waals surface area contributed by atoms with Gasteiger partial charge in [0.15, 0.2) is 0 Å². The van der Waals surface area contributed by atoms with Crippen molar-refractivity contribution in [3.05, 3.63) is 54.0 Å². The Morgan fingerprint density at radius 3 is 2.59 bits per heavy atom. The van der Waals surface area contributed by atoms with Crippen molar-refractivity contribution in [2.45, 2.75) is 13.8 Å². The molecule has 0 amide bonds. The second-order valence-corrected chi connectivity index (χ2v) is 4.84. The quantitative estimate of drug-likeness (QED) is 0.801. The van der Waals surface area contributed by atoms with E-state index in [1.807, 2.05) is 48.9 Å². The Balaban J connectivity index is 1.96. The third kappa shape index (κ3) is 2.63. The lowest BCUT2D eigenvalue weighted by Crippen LogP contribution is -2.01. The lowest BCUT2D eigenvalue weighted by molar-refractivity contribution is 0.397. The van der Waals surface area contributed by atoms with Crippen molar-refractivity contribution in [2.24, 2.45) is 0 Å². The van der Waals surface area contributed by atoms with E-state index in [4.69, 9.17) is 4.74 Å². The summed E-state index contributed by atoms with van der Waals surface area (Å²) in [6.07, 6.45) is 1.65. The molecule has 0 spiro atoms. The lowest BCUT2D eigenvalue weighted by Gasteiger charge is -2.07. The molecule has 0 fully saturated rings. The number of ether oxygens (including phenoxy) is 1. The summed E-state index contributed by atoms with van der Waals surface area (Å²) in [6.45, 7) is 3.96. The van der Waals surface area contributed by atoms with Crippen molar-refractivity contribution in [2.75, 3.05) is 12.4 Å². The summed E-state index contributed by atoms with van der Waals surface area (Å²) < 4.78 is 7.02. The fraction of sp³-hybridized carbons (Fsp3) is 0.188. The Labute approximate surface area is 128 Å². The normalized spacial score (nSPS) is 10.5. The molecule has 6 nitrogen and oxygen atoms in total. The van der Waals surface area contributed by atoms with Crippen LogP contribution < -0.4 is 10.1 Å². The van der Waals surface area contributed by atoms with Crippen molar-refractivity contribution in [1.29, 1.82) is 0 Å². The van der Waals surface area contributed by atoms with Gasteiger partial charge < -0.3 is 10.1 Å². The van der Waals surface area contributed by atoms with Crippen LogP contribution in [0.4, 0.5) is 11.6 Å². The summed E-state index contributed by atoms with van der Waals surface area (Å²) in [7, 11) is 1.58. The highest BCUT2D eigenvalue weighted by molar-refractivity contribution is 5.61. The number of nitrogens with one attached hydrogen (secondary N) is 1. The summed E-state index contributed by atoms with van der Waals surface area (Å²) in [6, 6.07) is 11.7. The fourth-order valence-corrected chi connectivity index (χ4v) is 2.27. The maximum Gasteiger partial charge on any atom is 0.230 e. The van der Waals surface area contributed by atoms with Gasteiger partial charge in [-0.2, -0.15) is 10.1 Å². The van der Waals surface area contributed by atoms with Crippen LogP contribution in [0.1, 0.15) is 11.4 Å². The molecule has 6 heteroatoms. The van der Waals surface area contributed by atoms with Crippen molar-refractivity contribution < 1.29 is 4.74 Å². The van der Waals surface area contributed by atoms with E-state index in [2.05, 4.69) is 20.4 Å². The first-order valence-electron chi connectivity index (χ1n) is 6.94. The van der Waals surface area contributed by atoms with Crippen LogP contribution in [0.15, 0.2) is 42.6 Å². The van der Waals surface area contributed by atoms with E-state index in [9.17, 15) is 0 Å². The molecule has 0 aliphatic rings. The highest BCUT2D eigenvalue weighted by atomic mass is 16.5. The van der Waals surface area contributed by atoms with Crippen LogP contribution >= 0.6 is 0 Å². The topological polar surface area (TPSA) is 64.9 Å². The molecule has 0 atom stereocenters. The van der Waals surface area contributed by atoms with Gasteiger partial charge in [0.1, 0.15) is 0 Å². The number of para-hydroxylation sites is 1. The SMILES string of the molecule is COc1ccnc(Nc2c(C)nn(-c3ccccc3)c2C)n1. The number of rotatable bonds is 4. The number of nitrogens with zero attached hydrogens (tertiary/aromatic N) is 4. The number of benzene rings is 1. The summed E-state index contributed by atoms with van der Waals surface area (Å²) in [4.78, 5) is 8.48. The van der Waals surface area contributed by atoms with E-state index < -0.39 is 0 Å². The first-order valence-corrected chi connectivity index (χ1v) is 6.94. The van der Waals surface area contributed by atoms with Crippen molar-refractivity contribution in [1.82, 2.24) is 19.7 Å². The number of aryl methyl sites for hydroxylation is 1. The van der Waals surface area contributed by atoms with E-state index in [-0.39, 0.29) is 0 Å². The fourth-order valence-electron chi connectivity index (χ4n) is 2.27. The predicted molar refractivity (Wildman–Crippen MR) is 84.9 cm³/mol. The number of methoxy groups -OCH3 is 1. The van der Waals surface area contributed by atoms with Gasteiger partial charge in [-0.1, -0.05) is 18.2 Å². The van der Waals surface area contributed by atoms with Crippen molar-refractivity contribution >= 4 is 11.6 Å². The Kier molecular flexibility index (Phi) is 3.74. The van der Waals surface area contributed by atoms with Crippen LogP contribution in [-0.4, -0.2) is 26.9 Å². The van der Waals surface area contributed by atoms with E-state index >= 15 is 0 Å². The second-order valence-electron chi connectivity index (χ2n) is 4.84. The average molecular weight is 295 g/mol. The van der Waals surface area contributed by atoms with Gasteiger partial charge in [-0.25, -0.2) is 9.67 Å². The van der Waals surface area contributed by atoms with Crippen molar-refractivity contribution in [3.63, 3.8) is 0 Å². The first kappa shape index (κ1) is 14.1. The highest BCUT2D eigenvalue weighted by Crippen LogP contribution is 2.25. The molecular formula is C16H17N5O. The molecule has 0 bridgehead atoms. The number of anilines is 2. The van der Waals surface area contributed by atoms with E-state index in [1.54, 1.807) is 19.4 Å². The largest absolute Gasteiger partial charge is 0.481 e. The third-order valence-electron chi connectivity index (χ3n) is 3.37. The Morgan fingerprint density at radius 1 is 1.09 bits per heavy atom. The van der Waals surface area contributed by atoms with E-state index in [1.165, 1.54) is 0 Å². The van der Waals surface area contributed by atoms with E-state index in [0.29, 0.717) is 11.8 Å². The second kappa shape index (κ2) is 5.85. The van der Waals surface area contributed by atoms with Crippen LogP contribution in [0.2, 0.25) is 0 Å². The molecule has 0 aliphatic heterocycles. The van der Waals surface area contributed by atoms with Gasteiger partial charge in [0.25, 0.3) is 0 Å². The van der Waals surface area contributed by atoms with Crippen LogP contribution in [-0.2, 0) is 0 Å². The molecular weight excluding hydrogens is 278 g/mol. The molecule has 1 N–H and O–H groups in total. The van der Waals surface area contributed by atoms with Crippen LogP contribution in [0.5, 0.6) is 5.88 Å². The maximum atomic E-state index is 5.12. The number of hydrogen-bond donors (Lipinski definition) is 1. The molecule has 2 heterocycles. The van der Waals surface area contributed by atoms with Gasteiger partial charge >= 0.3 is 0 Å². The summed E-state index contributed by atoms with van der Waals surface area (Å²) in [5.74, 6) is 1.00. The van der Waals surface area contributed by atoms with Crippen LogP contribution in [0, 0.1) is 13.8 Å². The van der Waals surface area contributed by atoms with Crippen molar-refractivity contribution in [3.8, 4) is 11.6 Å². The molecule has 3 aromatic rings. The van der Waals surface area contributed by atoms with Gasteiger partial charge in [0.05, 0.1) is 29.9 Å². The van der Waals surface area contributed by atoms with Gasteiger partial charge in [0, 0.05) is 12.3 Å². The first-order chi connectivity index (χ1) is 10.7. The lowest BCUT2D eigenvalue weighted by atomic mass is 10.3. The van der Waals surface area contributed by atoms with Crippen LogP contribution in [0.3, 0.4) is 0 Å². The smallest absolute Gasteiger partial charge is 0.230 e. The molecule has 0 aliphatic carbocycles. The molecule has 22 heavy (non-hydrogen) atoms. The Hall–Kier alpha value is -2.89.